The molecule has 0 radical (unpaired) electrons. The molecule has 22 heavy (non-hydrogen) atoms. The predicted octanol–water partition coefficient (Wildman–Crippen LogP) is 3.61. The van der Waals surface area contributed by atoms with Gasteiger partial charge in [0.05, 0.1) is 24.0 Å². The Morgan fingerprint density at radius 3 is 2.32 bits per heavy atom. The lowest BCUT2D eigenvalue weighted by Crippen LogP contribution is -2.37. The molecule has 0 amide bonds. The Morgan fingerprint density at radius 2 is 1.64 bits per heavy atom. The van der Waals surface area contributed by atoms with Crippen molar-refractivity contribution in [2.24, 2.45) is 0 Å². The van der Waals surface area contributed by atoms with Gasteiger partial charge in [0.15, 0.2) is 0 Å². The highest BCUT2D eigenvalue weighted by atomic mass is 79.9. The first-order valence-corrected chi connectivity index (χ1v) is 9.16. The Bertz CT molecular complexity index is 484. The van der Waals surface area contributed by atoms with Crippen LogP contribution in [0, 0.1) is 6.92 Å². The summed E-state index contributed by atoms with van der Waals surface area (Å²) in [6.45, 7) is 4.18. The van der Waals surface area contributed by atoms with Crippen LogP contribution in [-0.4, -0.2) is 36.4 Å². The van der Waals surface area contributed by atoms with Crippen LogP contribution in [0.3, 0.4) is 0 Å². The SMILES string of the molecule is Cc1nc(Br)ccc1OC1CCC(OC2CCNCC2)CC1. The molecule has 1 aliphatic carbocycles. The average Bonchev–Trinajstić information content (AvgIpc) is 2.53. The van der Waals surface area contributed by atoms with Gasteiger partial charge in [-0.2, -0.15) is 0 Å². The average molecular weight is 369 g/mol. The van der Waals surface area contributed by atoms with Gasteiger partial charge in [0.2, 0.25) is 0 Å². The molecule has 1 saturated carbocycles. The van der Waals surface area contributed by atoms with Gasteiger partial charge in [-0.15, -0.1) is 0 Å². The maximum absolute atomic E-state index is 6.26. The van der Waals surface area contributed by atoms with Crippen molar-refractivity contribution in [2.75, 3.05) is 13.1 Å². The summed E-state index contributed by atoms with van der Waals surface area (Å²) >= 11 is 3.39. The third-order valence-corrected chi connectivity index (χ3v) is 5.03. The van der Waals surface area contributed by atoms with Crippen LogP contribution in [0.2, 0.25) is 0 Å². The Balaban J connectivity index is 1.45. The van der Waals surface area contributed by atoms with Crippen molar-refractivity contribution in [2.45, 2.75) is 63.8 Å². The normalized spacial score (nSPS) is 26.8. The summed E-state index contributed by atoms with van der Waals surface area (Å²) in [6, 6.07) is 3.94. The minimum Gasteiger partial charge on any atom is -0.489 e. The van der Waals surface area contributed by atoms with Crippen LogP contribution in [0.25, 0.3) is 0 Å². The first-order valence-electron chi connectivity index (χ1n) is 8.36. The molecule has 0 bridgehead atoms. The molecule has 0 unspecified atom stereocenters. The van der Waals surface area contributed by atoms with Crippen LogP contribution >= 0.6 is 15.9 Å². The Labute approximate surface area is 141 Å². The van der Waals surface area contributed by atoms with Crippen molar-refractivity contribution >= 4 is 15.9 Å². The second kappa shape index (κ2) is 7.75. The van der Waals surface area contributed by atoms with E-state index in [0.29, 0.717) is 18.3 Å². The summed E-state index contributed by atoms with van der Waals surface area (Å²) in [5, 5.41) is 3.39. The zero-order chi connectivity index (χ0) is 15.4. The van der Waals surface area contributed by atoms with E-state index in [9.17, 15) is 0 Å². The van der Waals surface area contributed by atoms with Crippen molar-refractivity contribution in [1.29, 1.82) is 0 Å². The molecular weight excluding hydrogens is 344 g/mol. The first-order chi connectivity index (χ1) is 10.7. The number of hydrogen-bond donors (Lipinski definition) is 1. The molecule has 1 N–H and O–H groups in total. The summed E-state index contributed by atoms with van der Waals surface area (Å²) < 4.78 is 13.2. The monoisotopic (exact) mass is 368 g/mol. The molecular formula is C17H25BrN2O2. The Hall–Kier alpha value is -0.650. The number of rotatable bonds is 4. The minimum atomic E-state index is 0.301. The largest absolute Gasteiger partial charge is 0.489 e. The van der Waals surface area contributed by atoms with Crippen molar-refractivity contribution in [3.05, 3.63) is 22.4 Å². The van der Waals surface area contributed by atoms with Gasteiger partial charge in [0, 0.05) is 0 Å². The number of hydrogen-bond acceptors (Lipinski definition) is 4. The fourth-order valence-electron chi connectivity index (χ4n) is 3.31. The van der Waals surface area contributed by atoms with Gasteiger partial charge in [-0.05, 0) is 86.6 Å². The van der Waals surface area contributed by atoms with E-state index in [0.717, 1.165) is 67.7 Å². The molecule has 5 heteroatoms. The molecule has 2 heterocycles. The number of nitrogens with zero attached hydrogens (tertiary/aromatic N) is 1. The van der Waals surface area contributed by atoms with E-state index in [1.165, 1.54) is 0 Å². The van der Waals surface area contributed by atoms with Crippen LogP contribution in [0.4, 0.5) is 0 Å². The summed E-state index contributed by atoms with van der Waals surface area (Å²) in [5.74, 6) is 0.908. The molecule has 1 aliphatic heterocycles. The quantitative estimate of drug-likeness (QED) is 0.824. The molecule has 1 aromatic rings. The highest BCUT2D eigenvalue weighted by Gasteiger charge is 2.26. The van der Waals surface area contributed by atoms with Gasteiger partial charge in [-0.1, -0.05) is 0 Å². The van der Waals surface area contributed by atoms with Crippen molar-refractivity contribution in [3.63, 3.8) is 0 Å². The molecule has 0 aromatic carbocycles. The van der Waals surface area contributed by atoms with Gasteiger partial charge < -0.3 is 14.8 Å². The zero-order valence-electron chi connectivity index (χ0n) is 13.2. The zero-order valence-corrected chi connectivity index (χ0v) is 14.8. The van der Waals surface area contributed by atoms with Crippen molar-refractivity contribution < 1.29 is 9.47 Å². The number of pyridine rings is 1. The van der Waals surface area contributed by atoms with Gasteiger partial charge in [0.25, 0.3) is 0 Å². The first kappa shape index (κ1) is 16.2. The number of ether oxygens (including phenoxy) is 2. The summed E-state index contributed by atoms with van der Waals surface area (Å²) in [7, 11) is 0. The maximum atomic E-state index is 6.26. The lowest BCUT2D eigenvalue weighted by atomic mass is 9.94. The molecule has 122 valence electrons. The van der Waals surface area contributed by atoms with E-state index in [2.05, 4.69) is 26.2 Å². The highest BCUT2D eigenvalue weighted by Crippen LogP contribution is 2.28. The molecule has 2 fully saturated rings. The molecule has 2 aliphatic rings. The van der Waals surface area contributed by atoms with Crippen LogP contribution in [0.15, 0.2) is 16.7 Å². The van der Waals surface area contributed by atoms with E-state index in [1.807, 2.05) is 19.1 Å². The Kier molecular flexibility index (Phi) is 5.71. The van der Waals surface area contributed by atoms with E-state index in [4.69, 9.17) is 9.47 Å². The third-order valence-electron chi connectivity index (χ3n) is 4.59. The second-order valence-electron chi connectivity index (χ2n) is 6.32. The minimum absolute atomic E-state index is 0.301. The molecule has 0 atom stereocenters. The third kappa shape index (κ3) is 4.43. The second-order valence-corrected chi connectivity index (χ2v) is 7.13. The van der Waals surface area contributed by atoms with Gasteiger partial charge >= 0.3 is 0 Å². The predicted molar refractivity (Wildman–Crippen MR) is 90.3 cm³/mol. The van der Waals surface area contributed by atoms with E-state index >= 15 is 0 Å². The maximum Gasteiger partial charge on any atom is 0.140 e. The van der Waals surface area contributed by atoms with Crippen LogP contribution < -0.4 is 10.1 Å². The van der Waals surface area contributed by atoms with Gasteiger partial charge in [0.1, 0.15) is 10.4 Å². The fourth-order valence-corrected chi connectivity index (χ4v) is 3.71. The summed E-state index contributed by atoms with van der Waals surface area (Å²) in [4.78, 5) is 4.39. The number of aryl methyl sites for hydroxylation is 1. The van der Waals surface area contributed by atoms with Crippen LogP contribution in [-0.2, 0) is 4.74 Å². The molecule has 4 nitrogen and oxygen atoms in total. The van der Waals surface area contributed by atoms with Crippen LogP contribution in [0.1, 0.15) is 44.2 Å². The number of nitrogens with one attached hydrogen (secondary N) is 1. The number of halogens is 1. The summed E-state index contributed by atoms with van der Waals surface area (Å²) in [5.41, 5.74) is 0.947. The van der Waals surface area contributed by atoms with Crippen molar-refractivity contribution in [1.82, 2.24) is 10.3 Å². The lowest BCUT2D eigenvalue weighted by Gasteiger charge is -2.33. The molecule has 1 aromatic heterocycles. The van der Waals surface area contributed by atoms with E-state index in [-0.39, 0.29) is 0 Å². The van der Waals surface area contributed by atoms with E-state index < -0.39 is 0 Å². The van der Waals surface area contributed by atoms with Crippen molar-refractivity contribution in [3.8, 4) is 5.75 Å². The van der Waals surface area contributed by atoms with Gasteiger partial charge in [-0.25, -0.2) is 4.98 Å². The summed E-state index contributed by atoms with van der Waals surface area (Å²) in [6.07, 6.45) is 7.86. The molecule has 0 spiro atoms. The molecule has 1 saturated heterocycles. The standard InChI is InChI=1S/C17H25BrN2O2/c1-12-16(6-7-17(18)20-12)22-14-4-2-13(3-5-14)21-15-8-10-19-11-9-15/h6-7,13-15,19H,2-5,8-11H2,1H3. The van der Waals surface area contributed by atoms with E-state index in [1.54, 1.807) is 0 Å². The molecule has 3 rings (SSSR count). The highest BCUT2D eigenvalue weighted by molar-refractivity contribution is 9.10. The fraction of sp³-hybridized carbons (Fsp3) is 0.706. The Morgan fingerprint density at radius 1 is 1.00 bits per heavy atom. The number of aromatic nitrogens is 1. The lowest BCUT2D eigenvalue weighted by molar-refractivity contribution is -0.0549. The number of piperidine rings is 1. The van der Waals surface area contributed by atoms with Gasteiger partial charge in [-0.3, -0.25) is 0 Å². The smallest absolute Gasteiger partial charge is 0.140 e. The van der Waals surface area contributed by atoms with Crippen LogP contribution in [0.5, 0.6) is 5.75 Å². The topological polar surface area (TPSA) is 43.4 Å².